The predicted octanol–water partition coefficient (Wildman–Crippen LogP) is 3.78. The van der Waals surface area contributed by atoms with Crippen molar-refractivity contribution in [2.24, 2.45) is 0 Å². The lowest BCUT2D eigenvalue weighted by Gasteiger charge is -1.96. The van der Waals surface area contributed by atoms with Crippen LogP contribution in [0.1, 0.15) is 11.1 Å². The van der Waals surface area contributed by atoms with Crippen molar-refractivity contribution >= 4 is 21.6 Å². The first-order valence-electron chi connectivity index (χ1n) is 6.26. The van der Waals surface area contributed by atoms with E-state index in [0.29, 0.717) is 0 Å². The molecule has 0 amide bonds. The van der Waals surface area contributed by atoms with Crippen LogP contribution in [0.3, 0.4) is 0 Å². The number of sulfone groups is 1. The van der Waals surface area contributed by atoms with Gasteiger partial charge in [-0.05, 0) is 17.4 Å². The van der Waals surface area contributed by atoms with Gasteiger partial charge in [-0.2, -0.15) is 11.8 Å². The molecular formula is C16H20O2S2. The SMILES string of the molecule is CS(=O)(=O)Cc1ccccc1.CSCc1ccccc1. The molecule has 0 saturated heterocycles. The molecule has 108 valence electrons. The summed E-state index contributed by atoms with van der Waals surface area (Å²) < 4.78 is 21.6. The molecule has 2 rings (SSSR count). The fourth-order valence-corrected chi connectivity index (χ4v) is 2.94. The van der Waals surface area contributed by atoms with Crippen LogP contribution < -0.4 is 0 Å². The van der Waals surface area contributed by atoms with Crippen molar-refractivity contribution in [1.82, 2.24) is 0 Å². The van der Waals surface area contributed by atoms with Gasteiger partial charge in [0.25, 0.3) is 0 Å². The zero-order chi connectivity index (χ0) is 14.8. The van der Waals surface area contributed by atoms with E-state index in [2.05, 4.69) is 30.5 Å². The Morgan fingerprint density at radius 3 is 1.70 bits per heavy atom. The molecule has 0 aliphatic heterocycles. The first-order valence-corrected chi connectivity index (χ1v) is 9.71. The molecular weight excluding hydrogens is 288 g/mol. The fourth-order valence-electron chi connectivity index (χ4n) is 1.62. The van der Waals surface area contributed by atoms with Gasteiger partial charge >= 0.3 is 0 Å². The fraction of sp³-hybridized carbons (Fsp3) is 0.250. The number of rotatable bonds is 4. The molecule has 0 fully saturated rings. The Morgan fingerprint density at radius 1 is 0.850 bits per heavy atom. The first kappa shape index (κ1) is 16.8. The Labute approximate surface area is 126 Å². The van der Waals surface area contributed by atoms with E-state index in [-0.39, 0.29) is 5.75 Å². The van der Waals surface area contributed by atoms with E-state index in [1.807, 2.05) is 36.0 Å². The molecule has 20 heavy (non-hydrogen) atoms. The van der Waals surface area contributed by atoms with Crippen LogP contribution in [-0.2, 0) is 21.3 Å². The van der Waals surface area contributed by atoms with Gasteiger partial charge in [-0.25, -0.2) is 8.42 Å². The monoisotopic (exact) mass is 308 g/mol. The van der Waals surface area contributed by atoms with E-state index < -0.39 is 9.84 Å². The van der Waals surface area contributed by atoms with Crippen molar-refractivity contribution in [3.8, 4) is 0 Å². The van der Waals surface area contributed by atoms with Crippen LogP contribution in [0, 0.1) is 0 Å². The minimum atomic E-state index is -2.88. The average molecular weight is 308 g/mol. The molecule has 0 atom stereocenters. The Morgan fingerprint density at radius 2 is 1.30 bits per heavy atom. The molecule has 0 N–H and O–H groups in total. The summed E-state index contributed by atoms with van der Waals surface area (Å²) in [5, 5.41) is 0. The van der Waals surface area contributed by atoms with Gasteiger partial charge < -0.3 is 0 Å². The van der Waals surface area contributed by atoms with Crippen LogP contribution in [-0.4, -0.2) is 20.9 Å². The minimum absolute atomic E-state index is 0.133. The van der Waals surface area contributed by atoms with Gasteiger partial charge in [0.15, 0.2) is 9.84 Å². The standard InChI is InChI=1S/C8H10O2S.C8H10S/c1-11(9,10)7-8-5-3-2-4-6-8;1-9-7-8-5-3-2-4-6-8/h2-6H,7H2,1H3;2-6H,7H2,1H3. The lowest BCUT2D eigenvalue weighted by Crippen LogP contribution is -1.99. The van der Waals surface area contributed by atoms with Gasteiger partial charge in [-0.15, -0.1) is 0 Å². The van der Waals surface area contributed by atoms with Crippen molar-refractivity contribution in [3.05, 3.63) is 71.8 Å². The van der Waals surface area contributed by atoms with Crippen LogP contribution >= 0.6 is 11.8 Å². The molecule has 0 radical (unpaired) electrons. The molecule has 0 unspecified atom stereocenters. The van der Waals surface area contributed by atoms with Crippen molar-refractivity contribution in [2.75, 3.05) is 12.5 Å². The van der Waals surface area contributed by atoms with Crippen LogP contribution in [0.5, 0.6) is 0 Å². The van der Waals surface area contributed by atoms with Gasteiger partial charge in [-0.1, -0.05) is 60.7 Å². The first-order chi connectivity index (χ1) is 9.51. The number of thioether (sulfide) groups is 1. The highest BCUT2D eigenvalue weighted by Gasteiger charge is 2.01. The summed E-state index contributed by atoms with van der Waals surface area (Å²) in [6.07, 6.45) is 3.35. The van der Waals surface area contributed by atoms with E-state index >= 15 is 0 Å². The van der Waals surface area contributed by atoms with Crippen molar-refractivity contribution in [2.45, 2.75) is 11.5 Å². The van der Waals surface area contributed by atoms with E-state index in [4.69, 9.17) is 0 Å². The molecule has 0 aromatic heterocycles. The normalized spacial score (nSPS) is 10.5. The van der Waals surface area contributed by atoms with Crippen LogP contribution in [0.4, 0.5) is 0 Å². The van der Waals surface area contributed by atoms with E-state index in [0.717, 1.165) is 11.3 Å². The second kappa shape index (κ2) is 8.82. The van der Waals surface area contributed by atoms with Gasteiger partial charge in [-0.3, -0.25) is 0 Å². The lowest BCUT2D eigenvalue weighted by atomic mass is 10.2. The quantitative estimate of drug-likeness (QED) is 0.862. The zero-order valence-corrected chi connectivity index (χ0v) is 13.5. The van der Waals surface area contributed by atoms with Crippen molar-refractivity contribution in [1.29, 1.82) is 0 Å². The molecule has 2 aromatic rings. The van der Waals surface area contributed by atoms with Crippen molar-refractivity contribution < 1.29 is 8.42 Å². The van der Waals surface area contributed by atoms with E-state index in [9.17, 15) is 8.42 Å². The highest BCUT2D eigenvalue weighted by atomic mass is 32.2. The lowest BCUT2D eigenvalue weighted by molar-refractivity contribution is 0.601. The molecule has 0 bridgehead atoms. The third-order valence-electron chi connectivity index (χ3n) is 2.43. The molecule has 4 heteroatoms. The van der Waals surface area contributed by atoms with Crippen molar-refractivity contribution in [3.63, 3.8) is 0 Å². The maximum Gasteiger partial charge on any atom is 0.151 e. The highest BCUT2D eigenvalue weighted by molar-refractivity contribution is 7.97. The zero-order valence-electron chi connectivity index (χ0n) is 11.8. The Kier molecular flexibility index (Phi) is 7.41. The molecule has 0 spiro atoms. The third-order valence-corrected chi connectivity index (χ3v) is 3.91. The predicted molar refractivity (Wildman–Crippen MR) is 88.7 cm³/mol. The van der Waals surface area contributed by atoms with E-state index in [1.165, 1.54) is 11.8 Å². The third kappa shape index (κ3) is 8.02. The molecule has 2 nitrogen and oxygen atoms in total. The van der Waals surface area contributed by atoms with Crippen LogP contribution in [0.2, 0.25) is 0 Å². The molecule has 0 aliphatic carbocycles. The van der Waals surface area contributed by atoms with Gasteiger partial charge in [0.2, 0.25) is 0 Å². The maximum absolute atomic E-state index is 10.8. The molecule has 0 heterocycles. The number of hydrogen-bond acceptors (Lipinski definition) is 3. The smallest absolute Gasteiger partial charge is 0.151 e. The highest BCUT2D eigenvalue weighted by Crippen LogP contribution is 2.06. The summed E-state index contributed by atoms with van der Waals surface area (Å²) in [6.45, 7) is 0. The van der Waals surface area contributed by atoms with Crippen LogP contribution in [0.25, 0.3) is 0 Å². The van der Waals surface area contributed by atoms with Gasteiger partial charge in [0.05, 0.1) is 5.75 Å². The molecule has 0 saturated carbocycles. The van der Waals surface area contributed by atoms with Gasteiger partial charge in [0, 0.05) is 12.0 Å². The summed E-state index contributed by atoms with van der Waals surface area (Å²) >= 11 is 1.85. The average Bonchev–Trinajstić information content (AvgIpc) is 2.40. The summed E-state index contributed by atoms with van der Waals surface area (Å²) in [6, 6.07) is 19.6. The Bertz CT molecular complexity index is 578. The number of hydrogen-bond donors (Lipinski definition) is 0. The number of benzene rings is 2. The van der Waals surface area contributed by atoms with Crippen LogP contribution in [0.15, 0.2) is 60.7 Å². The molecule has 0 aliphatic rings. The Hall–Kier alpha value is -1.26. The maximum atomic E-state index is 10.8. The minimum Gasteiger partial charge on any atom is -0.229 e. The summed E-state index contributed by atoms with van der Waals surface area (Å²) in [5.74, 6) is 1.26. The largest absolute Gasteiger partial charge is 0.229 e. The Balaban J connectivity index is 0.000000204. The van der Waals surface area contributed by atoms with E-state index in [1.54, 1.807) is 12.1 Å². The summed E-state index contributed by atoms with van der Waals surface area (Å²) in [7, 11) is -2.88. The topological polar surface area (TPSA) is 34.1 Å². The summed E-state index contributed by atoms with van der Waals surface area (Å²) in [4.78, 5) is 0. The second-order valence-electron chi connectivity index (χ2n) is 4.47. The second-order valence-corrected chi connectivity index (χ2v) is 7.48. The summed E-state index contributed by atoms with van der Waals surface area (Å²) in [5.41, 5.74) is 2.25. The van der Waals surface area contributed by atoms with Gasteiger partial charge in [0.1, 0.15) is 0 Å². The molecule has 2 aromatic carbocycles.